The molecular formula is C24H18N6O2. The lowest BCUT2D eigenvalue weighted by Crippen LogP contribution is -2.13. The summed E-state index contributed by atoms with van der Waals surface area (Å²) in [4.78, 5) is 21.3. The van der Waals surface area contributed by atoms with E-state index < -0.39 is 0 Å². The summed E-state index contributed by atoms with van der Waals surface area (Å²) >= 11 is 0. The molecule has 0 unspecified atom stereocenters. The van der Waals surface area contributed by atoms with E-state index in [0.717, 1.165) is 0 Å². The first kappa shape index (κ1) is 20.5. The van der Waals surface area contributed by atoms with Crippen LogP contribution in [0.25, 0.3) is 17.1 Å². The highest BCUT2D eigenvalue weighted by atomic mass is 16.5. The highest BCUT2D eigenvalue weighted by Gasteiger charge is 2.18. The molecule has 156 valence electrons. The standard InChI is InChI=1S/C24H18N6O2/c1-16(2)30-22(14-21(29-30)23(31)27-18-6-4-3-5-7-18)20-12-13-26-24(28-20)32-19-10-8-17(15-25)9-11-19/h3-14H,1H2,2H3,(H,27,31). The van der Waals surface area contributed by atoms with Crippen LogP contribution in [0.5, 0.6) is 11.8 Å². The van der Waals surface area contributed by atoms with Gasteiger partial charge in [0.25, 0.3) is 5.91 Å². The van der Waals surface area contributed by atoms with E-state index in [1.54, 1.807) is 66.3 Å². The molecule has 2 aromatic heterocycles. The predicted octanol–water partition coefficient (Wildman–Crippen LogP) is 4.75. The van der Waals surface area contributed by atoms with Gasteiger partial charge in [-0.25, -0.2) is 9.67 Å². The third-order valence-electron chi connectivity index (χ3n) is 4.42. The number of nitrogens with zero attached hydrogens (tertiary/aromatic N) is 5. The van der Waals surface area contributed by atoms with Crippen LogP contribution in [0.4, 0.5) is 5.69 Å². The number of allylic oxidation sites excluding steroid dienone is 1. The van der Waals surface area contributed by atoms with Gasteiger partial charge in [-0.2, -0.15) is 15.3 Å². The fourth-order valence-corrected chi connectivity index (χ4v) is 2.92. The maximum atomic E-state index is 12.7. The first-order valence-electron chi connectivity index (χ1n) is 9.67. The lowest BCUT2D eigenvalue weighted by atomic mass is 10.2. The zero-order chi connectivity index (χ0) is 22.5. The topological polar surface area (TPSA) is 106 Å². The Bertz CT molecular complexity index is 1320. The minimum atomic E-state index is -0.347. The lowest BCUT2D eigenvalue weighted by molar-refractivity contribution is 0.102. The normalized spacial score (nSPS) is 10.2. The molecule has 0 saturated heterocycles. The number of ether oxygens (including phenoxy) is 1. The molecule has 4 aromatic rings. The Labute approximate surface area is 184 Å². The fraction of sp³-hybridized carbons (Fsp3) is 0.0417. The second-order valence-corrected chi connectivity index (χ2v) is 6.84. The quantitative estimate of drug-likeness (QED) is 0.481. The van der Waals surface area contributed by atoms with Crippen LogP contribution in [0, 0.1) is 11.3 Å². The monoisotopic (exact) mass is 422 g/mol. The number of carbonyl (C=O) groups excluding carboxylic acids is 1. The molecule has 32 heavy (non-hydrogen) atoms. The van der Waals surface area contributed by atoms with Gasteiger partial charge < -0.3 is 10.1 Å². The molecule has 4 rings (SSSR count). The van der Waals surface area contributed by atoms with Crippen molar-refractivity contribution in [3.05, 3.63) is 90.8 Å². The molecule has 0 aliphatic rings. The summed E-state index contributed by atoms with van der Waals surface area (Å²) in [6.07, 6.45) is 1.56. The summed E-state index contributed by atoms with van der Waals surface area (Å²) in [5.41, 5.74) is 3.12. The molecule has 0 atom stereocenters. The van der Waals surface area contributed by atoms with Crippen LogP contribution in [0.2, 0.25) is 0 Å². The maximum Gasteiger partial charge on any atom is 0.322 e. The molecule has 1 N–H and O–H groups in total. The van der Waals surface area contributed by atoms with Gasteiger partial charge in [0.15, 0.2) is 5.69 Å². The van der Waals surface area contributed by atoms with E-state index in [1.807, 2.05) is 18.2 Å². The van der Waals surface area contributed by atoms with Crippen LogP contribution in [0.1, 0.15) is 23.0 Å². The van der Waals surface area contributed by atoms with Gasteiger partial charge in [-0.1, -0.05) is 24.8 Å². The van der Waals surface area contributed by atoms with Gasteiger partial charge in [-0.15, -0.1) is 0 Å². The SMILES string of the molecule is C=C(C)n1nc(C(=O)Nc2ccccc2)cc1-c1ccnc(Oc2ccc(C#N)cc2)n1. The van der Waals surface area contributed by atoms with Crippen LogP contribution >= 0.6 is 0 Å². The second kappa shape index (κ2) is 8.93. The van der Waals surface area contributed by atoms with Crippen molar-refractivity contribution in [3.8, 4) is 29.2 Å². The Kier molecular flexibility index (Phi) is 5.72. The van der Waals surface area contributed by atoms with E-state index in [-0.39, 0.29) is 17.6 Å². The van der Waals surface area contributed by atoms with Gasteiger partial charge in [-0.05, 0) is 55.5 Å². The smallest absolute Gasteiger partial charge is 0.322 e. The Hall–Kier alpha value is -4.77. The van der Waals surface area contributed by atoms with Gasteiger partial charge in [0.05, 0.1) is 23.0 Å². The van der Waals surface area contributed by atoms with Gasteiger partial charge in [0, 0.05) is 17.6 Å². The first-order valence-corrected chi connectivity index (χ1v) is 9.67. The van der Waals surface area contributed by atoms with Crippen molar-refractivity contribution in [2.75, 3.05) is 5.32 Å². The van der Waals surface area contributed by atoms with Crippen LogP contribution in [-0.2, 0) is 0 Å². The number of hydrogen-bond acceptors (Lipinski definition) is 6. The molecule has 0 radical (unpaired) electrons. The van der Waals surface area contributed by atoms with Crippen molar-refractivity contribution in [2.24, 2.45) is 0 Å². The van der Waals surface area contributed by atoms with Crippen LogP contribution in [-0.4, -0.2) is 25.7 Å². The van der Waals surface area contributed by atoms with Crippen molar-refractivity contribution in [1.82, 2.24) is 19.7 Å². The third-order valence-corrected chi connectivity index (χ3v) is 4.42. The number of benzene rings is 2. The number of carbonyl (C=O) groups is 1. The summed E-state index contributed by atoms with van der Waals surface area (Å²) in [6, 6.07) is 21.3. The number of amides is 1. The van der Waals surface area contributed by atoms with Gasteiger partial charge in [-0.3, -0.25) is 4.79 Å². The van der Waals surface area contributed by atoms with E-state index in [0.29, 0.717) is 34.1 Å². The number of anilines is 1. The molecule has 0 saturated carbocycles. The molecular weight excluding hydrogens is 404 g/mol. The maximum absolute atomic E-state index is 12.7. The average Bonchev–Trinajstić information content (AvgIpc) is 3.27. The van der Waals surface area contributed by atoms with Crippen molar-refractivity contribution >= 4 is 17.3 Å². The minimum absolute atomic E-state index is 0.122. The Balaban J connectivity index is 1.62. The fourth-order valence-electron chi connectivity index (χ4n) is 2.92. The third kappa shape index (κ3) is 4.52. The molecule has 8 heteroatoms. The minimum Gasteiger partial charge on any atom is -0.424 e. The summed E-state index contributed by atoms with van der Waals surface area (Å²) in [6.45, 7) is 5.72. The predicted molar refractivity (Wildman–Crippen MR) is 120 cm³/mol. The molecule has 0 fully saturated rings. The van der Waals surface area contributed by atoms with Gasteiger partial charge >= 0.3 is 6.01 Å². The molecule has 0 spiro atoms. The Morgan fingerprint density at radius 3 is 2.56 bits per heavy atom. The van der Waals surface area contributed by atoms with Crippen molar-refractivity contribution in [2.45, 2.75) is 6.92 Å². The average molecular weight is 422 g/mol. The van der Waals surface area contributed by atoms with Crippen molar-refractivity contribution < 1.29 is 9.53 Å². The van der Waals surface area contributed by atoms with Crippen LogP contribution in [0.3, 0.4) is 0 Å². The van der Waals surface area contributed by atoms with Gasteiger partial charge in [0.1, 0.15) is 5.75 Å². The summed E-state index contributed by atoms with van der Waals surface area (Å²) in [5.74, 6) is 0.151. The van der Waals surface area contributed by atoms with E-state index in [1.165, 1.54) is 0 Å². The second-order valence-electron chi connectivity index (χ2n) is 6.84. The molecule has 1 amide bonds. The first-order chi connectivity index (χ1) is 15.5. The number of hydrogen-bond donors (Lipinski definition) is 1. The molecule has 0 aliphatic heterocycles. The van der Waals surface area contributed by atoms with Crippen LogP contribution in [0.15, 0.2) is 79.5 Å². The number of aromatic nitrogens is 4. The van der Waals surface area contributed by atoms with E-state index in [4.69, 9.17) is 10.00 Å². The zero-order valence-electron chi connectivity index (χ0n) is 17.2. The van der Waals surface area contributed by atoms with E-state index in [9.17, 15) is 4.79 Å². The largest absolute Gasteiger partial charge is 0.424 e. The molecule has 8 nitrogen and oxygen atoms in total. The summed E-state index contributed by atoms with van der Waals surface area (Å²) in [7, 11) is 0. The molecule has 2 heterocycles. The summed E-state index contributed by atoms with van der Waals surface area (Å²) < 4.78 is 7.26. The molecule has 2 aromatic carbocycles. The lowest BCUT2D eigenvalue weighted by Gasteiger charge is -2.07. The van der Waals surface area contributed by atoms with E-state index >= 15 is 0 Å². The zero-order valence-corrected chi connectivity index (χ0v) is 17.2. The molecule has 0 aliphatic carbocycles. The van der Waals surface area contributed by atoms with Crippen molar-refractivity contribution in [1.29, 1.82) is 5.26 Å². The highest BCUT2D eigenvalue weighted by molar-refractivity contribution is 6.03. The number of rotatable bonds is 6. The Morgan fingerprint density at radius 1 is 1.12 bits per heavy atom. The van der Waals surface area contributed by atoms with Crippen molar-refractivity contribution in [3.63, 3.8) is 0 Å². The highest BCUT2D eigenvalue weighted by Crippen LogP contribution is 2.25. The summed E-state index contributed by atoms with van der Waals surface area (Å²) in [5, 5.41) is 16.1. The Morgan fingerprint density at radius 2 is 1.88 bits per heavy atom. The van der Waals surface area contributed by atoms with Gasteiger partial charge in [0.2, 0.25) is 0 Å². The number of nitriles is 1. The molecule has 0 bridgehead atoms. The van der Waals surface area contributed by atoms with E-state index in [2.05, 4.69) is 33.0 Å². The number of nitrogens with one attached hydrogen (secondary N) is 1. The number of para-hydroxylation sites is 1. The van der Waals surface area contributed by atoms with Crippen LogP contribution < -0.4 is 10.1 Å².